The van der Waals surface area contributed by atoms with E-state index < -0.39 is 11.6 Å². The molecule has 0 unspecified atom stereocenters. The van der Waals surface area contributed by atoms with Crippen LogP contribution < -0.4 is 5.32 Å². The number of piperidine rings is 1. The van der Waals surface area contributed by atoms with E-state index in [0.717, 1.165) is 47.4 Å². The summed E-state index contributed by atoms with van der Waals surface area (Å²) in [6.07, 6.45) is 5.21. The van der Waals surface area contributed by atoms with E-state index in [-0.39, 0.29) is 6.54 Å². The Balaban J connectivity index is 1.34. The first-order valence-electron chi connectivity index (χ1n) is 11.6. The third-order valence-electron chi connectivity index (χ3n) is 6.18. The molecule has 0 amide bonds. The first-order valence-corrected chi connectivity index (χ1v) is 11.9. The predicted molar refractivity (Wildman–Crippen MR) is 130 cm³/mol. The minimum Gasteiger partial charge on any atom is -0.389 e. The third-order valence-corrected chi connectivity index (χ3v) is 6.90. The molecule has 3 aromatic rings. The van der Waals surface area contributed by atoms with Gasteiger partial charge in [-0.15, -0.1) is 0 Å². The molecule has 2 aromatic heterocycles. The zero-order valence-electron chi connectivity index (χ0n) is 19.7. The molecule has 10 heteroatoms. The second-order valence-corrected chi connectivity index (χ2v) is 10.2. The second-order valence-electron chi connectivity index (χ2n) is 9.39. The Hall–Kier alpha value is -1.97. The van der Waals surface area contributed by atoms with E-state index in [0.29, 0.717) is 35.9 Å². The second kappa shape index (κ2) is 9.00. The molecule has 0 radical (unpaired) electrons. The molecule has 2 N–H and O–H groups in total. The average molecular weight is 492 g/mol. The monoisotopic (exact) mass is 491 g/mol. The Morgan fingerprint density at radius 3 is 2.67 bits per heavy atom. The van der Waals surface area contributed by atoms with Crippen molar-refractivity contribution in [2.75, 3.05) is 31.6 Å². The van der Waals surface area contributed by atoms with Gasteiger partial charge in [0.05, 0.1) is 50.1 Å². The first kappa shape index (κ1) is 21.6. The van der Waals surface area contributed by atoms with Crippen molar-refractivity contribution < 1.29 is 11.2 Å². The molecule has 0 spiro atoms. The molecule has 4 heterocycles. The lowest BCUT2D eigenvalue weighted by Gasteiger charge is -2.41. The van der Waals surface area contributed by atoms with Crippen LogP contribution in [0.25, 0.3) is 10.9 Å². The summed E-state index contributed by atoms with van der Waals surface area (Å²) in [5, 5.41) is 19.4. The lowest BCUT2D eigenvalue weighted by molar-refractivity contribution is -0.0712. The Morgan fingerprint density at radius 2 is 2.00 bits per heavy atom. The molecule has 0 bridgehead atoms. The molecule has 2 aliphatic heterocycles. The van der Waals surface area contributed by atoms with Crippen molar-refractivity contribution in [3.8, 4) is 0 Å². The maximum Gasteiger partial charge on any atom is 0.227 e. The Morgan fingerprint density at radius 1 is 1.24 bits per heavy atom. The van der Waals surface area contributed by atoms with Gasteiger partial charge in [0.25, 0.3) is 0 Å². The number of likely N-dealkylation sites (tertiary alicyclic amines) is 1. The van der Waals surface area contributed by atoms with Crippen molar-refractivity contribution in [2.24, 2.45) is 0 Å². The molecule has 0 saturated carbocycles. The number of benzene rings is 1. The van der Waals surface area contributed by atoms with Gasteiger partial charge in [-0.3, -0.25) is 4.90 Å². The minimum absolute atomic E-state index is 0.265. The number of hydrogen-bond donors (Lipinski definition) is 2. The molecule has 2 aliphatic rings. The zero-order chi connectivity index (χ0) is 24.1. The fourth-order valence-electron chi connectivity index (χ4n) is 4.37. The molecular formula is C23H28Cl2N6O2. The highest BCUT2D eigenvalue weighted by molar-refractivity contribution is 6.32. The van der Waals surface area contributed by atoms with Crippen LogP contribution in [0, 0.1) is 0 Å². The van der Waals surface area contributed by atoms with E-state index in [2.05, 4.69) is 25.3 Å². The van der Waals surface area contributed by atoms with Crippen LogP contribution in [0.3, 0.4) is 0 Å². The van der Waals surface area contributed by atoms with Crippen molar-refractivity contribution in [3.05, 3.63) is 40.3 Å². The van der Waals surface area contributed by atoms with Gasteiger partial charge in [0.2, 0.25) is 5.95 Å². The van der Waals surface area contributed by atoms with Gasteiger partial charge in [-0.25, -0.2) is 14.6 Å². The number of nitrogens with zero attached hydrogens (tertiary/aromatic N) is 5. The third kappa shape index (κ3) is 4.95. The topological polar surface area (TPSA) is 88.3 Å². The largest absolute Gasteiger partial charge is 0.389 e. The minimum atomic E-state index is -0.939. The van der Waals surface area contributed by atoms with Gasteiger partial charge in [-0.05, 0) is 63.4 Å². The van der Waals surface area contributed by atoms with E-state index in [1.807, 2.05) is 12.1 Å². The smallest absolute Gasteiger partial charge is 0.227 e. The Bertz CT molecular complexity index is 1200. The van der Waals surface area contributed by atoms with Crippen LogP contribution in [0.5, 0.6) is 0 Å². The molecule has 2 fully saturated rings. The first-order chi connectivity index (χ1) is 16.1. The number of aliphatic hydroxyl groups is 1. The fourth-order valence-corrected chi connectivity index (χ4v) is 4.90. The molecule has 33 heavy (non-hydrogen) atoms. The highest BCUT2D eigenvalue weighted by atomic mass is 35.5. The van der Waals surface area contributed by atoms with E-state index in [4.69, 9.17) is 29.3 Å². The van der Waals surface area contributed by atoms with E-state index in [1.165, 1.54) is 4.68 Å². The number of ether oxygens (including phenoxy) is 1. The van der Waals surface area contributed by atoms with Crippen LogP contribution in [0.15, 0.2) is 24.5 Å². The van der Waals surface area contributed by atoms with Gasteiger partial charge in [0, 0.05) is 16.6 Å². The molecule has 0 atom stereocenters. The summed E-state index contributed by atoms with van der Waals surface area (Å²) in [5.74, 6) is 0.722. The normalized spacial score (nSPS) is 20.0. The van der Waals surface area contributed by atoms with Gasteiger partial charge in [0.15, 0.2) is 5.15 Å². The number of anilines is 2. The van der Waals surface area contributed by atoms with Gasteiger partial charge < -0.3 is 15.2 Å². The Labute approximate surface area is 204 Å². The van der Waals surface area contributed by atoms with Crippen LogP contribution in [0.2, 0.25) is 10.2 Å². The SMILES string of the molecule is [2H]C1(N2CCC(c3cc4nc(Nc5cnn(CC(C)(C)O)c5Cl)ncc4cc3Cl)CC2)COC1. The molecule has 0 aliphatic carbocycles. The maximum atomic E-state index is 10.0. The van der Waals surface area contributed by atoms with Crippen LogP contribution in [-0.2, 0) is 11.3 Å². The van der Waals surface area contributed by atoms with Crippen LogP contribution in [0.1, 0.15) is 39.5 Å². The van der Waals surface area contributed by atoms with Gasteiger partial charge >= 0.3 is 0 Å². The van der Waals surface area contributed by atoms with Crippen molar-refractivity contribution in [1.29, 1.82) is 0 Å². The number of nitrogens with one attached hydrogen (secondary N) is 1. The summed E-state index contributed by atoms with van der Waals surface area (Å²) in [6, 6.07) is 3.41. The van der Waals surface area contributed by atoms with Crippen LogP contribution in [0.4, 0.5) is 11.6 Å². The number of rotatable bonds is 6. The van der Waals surface area contributed by atoms with E-state index in [1.54, 1.807) is 26.2 Å². The maximum absolute atomic E-state index is 10.0. The van der Waals surface area contributed by atoms with Crippen LogP contribution >= 0.6 is 23.2 Å². The standard InChI is InChI=1S/C23H28Cl2N6O2/c1-23(2,32)13-31-21(25)20(10-27-31)29-22-26-9-15-7-18(24)17(8-19(15)28-22)14-3-5-30(6-4-14)16-11-33-12-16/h7-10,14,16,32H,3-6,11-13H2,1-2H3,(H,26,28,29)/i16D. The van der Waals surface area contributed by atoms with Crippen molar-refractivity contribution in [1.82, 2.24) is 24.6 Å². The number of fused-ring (bicyclic) bond motifs is 1. The van der Waals surface area contributed by atoms with Crippen molar-refractivity contribution in [2.45, 2.75) is 50.8 Å². The van der Waals surface area contributed by atoms with Gasteiger partial charge in [-0.2, -0.15) is 5.10 Å². The lowest BCUT2D eigenvalue weighted by Crippen LogP contribution is -2.51. The molecule has 8 nitrogen and oxygen atoms in total. The summed E-state index contributed by atoms with van der Waals surface area (Å²) in [7, 11) is 0. The van der Waals surface area contributed by atoms with Gasteiger partial charge in [-0.1, -0.05) is 23.2 Å². The summed E-state index contributed by atoms with van der Waals surface area (Å²) < 4.78 is 15.3. The zero-order valence-corrected chi connectivity index (χ0v) is 20.2. The van der Waals surface area contributed by atoms with E-state index in [9.17, 15) is 5.11 Å². The quantitative estimate of drug-likeness (QED) is 0.533. The fraction of sp³-hybridized carbons (Fsp3) is 0.522. The molecule has 176 valence electrons. The molecule has 2 saturated heterocycles. The molecular weight excluding hydrogens is 463 g/mol. The Kier molecular flexibility index (Phi) is 5.88. The predicted octanol–water partition coefficient (Wildman–Crippen LogP) is 4.23. The van der Waals surface area contributed by atoms with Crippen LogP contribution in [-0.4, -0.2) is 67.7 Å². The number of aromatic nitrogens is 4. The van der Waals surface area contributed by atoms with Gasteiger partial charge in [0.1, 0.15) is 0 Å². The van der Waals surface area contributed by atoms with E-state index >= 15 is 0 Å². The summed E-state index contributed by atoms with van der Waals surface area (Å²) in [6.45, 7) is 6.35. The number of halogens is 2. The number of hydrogen-bond acceptors (Lipinski definition) is 7. The van der Waals surface area contributed by atoms with Crippen molar-refractivity contribution in [3.63, 3.8) is 0 Å². The highest BCUT2D eigenvalue weighted by Crippen LogP contribution is 2.36. The summed E-state index contributed by atoms with van der Waals surface area (Å²) >= 11 is 13.1. The summed E-state index contributed by atoms with van der Waals surface area (Å²) in [4.78, 5) is 11.3. The average Bonchev–Trinajstić information content (AvgIpc) is 3.09. The molecule has 1 aromatic carbocycles. The summed E-state index contributed by atoms with van der Waals surface area (Å²) in [5.41, 5.74) is 1.50. The molecule has 5 rings (SSSR count). The lowest BCUT2D eigenvalue weighted by atomic mass is 9.88. The van der Waals surface area contributed by atoms with Crippen molar-refractivity contribution >= 4 is 45.7 Å². The highest BCUT2D eigenvalue weighted by Gasteiger charge is 2.30.